The molecule has 106 valence electrons. The number of phenols is 1. The summed E-state index contributed by atoms with van der Waals surface area (Å²) in [5, 5.41) is 16.6. The smallest absolute Gasteiger partial charge is 0.125 e. The first kappa shape index (κ1) is 12.6. The standard InChI is InChI=1S/C18H13N3O/c22-18-10-9-13-5-1-2-6-14(13)15(18)11-20-21-12-19-16-7-3-4-8-17(16)21/h1-12,22H/b20-11+. The molecular weight excluding hydrogens is 274 g/mol. The maximum Gasteiger partial charge on any atom is 0.125 e. The molecule has 0 unspecified atom stereocenters. The van der Waals surface area contributed by atoms with Gasteiger partial charge in [-0.3, -0.25) is 0 Å². The highest BCUT2D eigenvalue weighted by molar-refractivity contribution is 6.02. The van der Waals surface area contributed by atoms with Crippen LogP contribution in [-0.2, 0) is 0 Å². The predicted octanol–water partition coefficient (Wildman–Crippen LogP) is 3.78. The van der Waals surface area contributed by atoms with Gasteiger partial charge in [-0.1, -0.05) is 42.5 Å². The summed E-state index contributed by atoms with van der Waals surface area (Å²) in [7, 11) is 0. The molecule has 0 aliphatic carbocycles. The number of rotatable bonds is 2. The Kier molecular flexibility index (Phi) is 2.86. The number of hydrogen-bond donors (Lipinski definition) is 1. The molecule has 0 atom stereocenters. The van der Waals surface area contributed by atoms with E-state index in [2.05, 4.69) is 10.1 Å². The number of hydrogen-bond acceptors (Lipinski definition) is 3. The van der Waals surface area contributed by atoms with Crippen LogP contribution in [0.2, 0.25) is 0 Å². The third kappa shape index (κ3) is 2.02. The Morgan fingerprint density at radius 1 is 0.955 bits per heavy atom. The lowest BCUT2D eigenvalue weighted by atomic mass is 10.0. The van der Waals surface area contributed by atoms with Crippen molar-refractivity contribution in [2.24, 2.45) is 5.10 Å². The summed E-state index contributed by atoms with van der Waals surface area (Å²) >= 11 is 0. The molecule has 4 heteroatoms. The summed E-state index contributed by atoms with van der Waals surface area (Å²) in [5.74, 6) is 0.215. The molecule has 0 radical (unpaired) electrons. The molecule has 4 rings (SSSR count). The van der Waals surface area contributed by atoms with Crippen molar-refractivity contribution < 1.29 is 5.11 Å². The summed E-state index contributed by atoms with van der Waals surface area (Å²) in [5.41, 5.74) is 2.52. The van der Waals surface area contributed by atoms with Crippen LogP contribution in [0.4, 0.5) is 0 Å². The zero-order valence-corrected chi connectivity index (χ0v) is 11.7. The van der Waals surface area contributed by atoms with Gasteiger partial charge in [0.25, 0.3) is 0 Å². The highest BCUT2D eigenvalue weighted by Gasteiger charge is 2.05. The van der Waals surface area contributed by atoms with Gasteiger partial charge in [0.15, 0.2) is 0 Å². The van der Waals surface area contributed by atoms with Gasteiger partial charge in [-0.25, -0.2) is 9.66 Å². The molecule has 4 nitrogen and oxygen atoms in total. The van der Waals surface area contributed by atoms with E-state index in [1.54, 1.807) is 23.3 Å². The second-order valence-electron chi connectivity index (χ2n) is 5.04. The van der Waals surface area contributed by atoms with E-state index in [9.17, 15) is 5.11 Å². The molecule has 1 heterocycles. The lowest BCUT2D eigenvalue weighted by Crippen LogP contribution is -1.91. The van der Waals surface area contributed by atoms with E-state index < -0.39 is 0 Å². The average molecular weight is 287 g/mol. The van der Waals surface area contributed by atoms with Gasteiger partial charge in [0.2, 0.25) is 0 Å². The second kappa shape index (κ2) is 5.00. The Labute approximate surface area is 127 Å². The van der Waals surface area contributed by atoms with Crippen LogP contribution in [0.3, 0.4) is 0 Å². The van der Waals surface area contributed by atoms with E-state index in [4.69, 9.17) is 0 Å². The Morgan fingerprint density at radius 3 is 2.73 bits per heavy atom. The minimum atomic E-state index is 0.215. The van der Waals surface area contributed by atoms with Gasteiger partial charge in [-0.15, -0.1) is 0 Å². The lowest BCUT2D eigenvalue weighted by Gasteiger charge is -2.04. The fourth-order valence-corrected chi connectivity index (χ4v) is 2.58. The van der Waals surface area contributed by atoms with Crippen LogP contribution in [0, 0.1) is 0 Å². The lowest BCUT2D eigenvalue weighted by molar-refractivity contribution is 0.475. The van der Waals surface area contributed by atoms with Gasteiger partial charge in [-0.05, 0) is 29.0 Å². The Morgan fingerprint density at radius 2 is 1.77 bits per heavy atom. The third-order valence-electron chi connectivity index (χ3n) is 3.69. The first-order valence-corrected chi connectivity index (χ1v) is 7.00. The van der Waals surface area contributed by atoms with Gasteiger partial charge in [-0.2, -0.15) is 5.10 Å². The van der Waals surface area contributed by atoms with Crippen LogP contribution >= 0.6 is 0 Å². The van der Waals surface area contributed by atoms with Crippen LogP contribution in [0.5, 0.6) is 5.75 Å². The van der Waals surface area contributed by atoms with E-state index in [0.29, 0.717) is 5.56 Å². The molecule has 0 saturated carbocycles. The molecule has 0 amide bonds. The SMILES string of the molecule is Oc1ccc2ccccc2c1/C=N/n1cnc2ccccc21. The van der Waals surface area contributed by atoms with Gasteiger partial charge >= 0.3 is 0 Å². The quantitative estimate of drug-likeness (QED) is 0.570. The molecule has 0 aliphatic rings. The predicted molar refractivity (Wildman–Crippen MR) is 88.3 cm³/mol. The highest BCUT2D eigenvalue weighted by atomic mass is 16.3. The average Bonchev–Trinajstić information content (AvgIpc) is 2.97. The van der Waals surface area contributed by atoms with E-state index in [1.807, 2.05) is 54.6 Å². The Hall–Kier alpha value is -3.14. The number of phenolic OH excluding ortho intramolecular Hbond substituents is 1. The fraction of sp³-hybridized carbons (Fsp3) is 0. The summed E-state index contributed by atoms with van der Waals surface area (Å²) in [6.45, 7) is 0. The van der Waals surface area contributed by atoms with Crippen molar-refractivity contribution in [2.75, 3.05) is 0 Å². The Balaban J connectivity index is 1.85. The van der Waals surface area contributed by atoms with Crippen LogP contribution < -0.4 is 0 Å². The van der Waals surface area contributed by atoms with Crippen molar-refractivity contribution in [1.82, 2.24) is 9.66 Å². The Bertz CT molecular complexity index is 1000. The van der Waals surface area contributed by atoms with Crippen LogP contribution in [0.1, 0.15) is 5.56 Å². The maximum atomic E-state index is 10.1. The number of aromatic hydroxyl groups is 1. The molecule has 0 aliphatic heterocycles. The second-order valence-corrected chi connectivity index (χ2v) is 5.04. The van der Waals surface area contributed by atoms with Crippen molar-refractivity contribution >= 4 is 28.0 Å². The number of nitrogens with zero attached hydrogens (tertiary/aromatic N) is 3. The maximum absolute atomic E-state index is 10.1. The summed E-state index contributed by atoms with van der Waals surface area (Å²) in [6.07, 6.45) is 3.34. The first-order valence-electron chi connectivity index (χ1n) is 7.00. The minimum Gasteiger partial charge on any atom is -0.507 e. The molecule has 1 N–H and O–H groups in total. The zero-order chi connectivity index (χ0) is 14.9. The first-order chi connectivity index (χ1) is 10.8. The molecule has 0 fully saturated rings. The number of imidazole rings is 1. The number of aromatic nitrogens is 2. The van der Waals surface area contributed by atoms with E-state index in [1.165, 1.54) is 0 Å². The monoisotopic (exact) mass is 287 g/mol. The van der Waals surface area contributed by atoms with E-state index in [0.717, 1.165) is 21.8 Å². The zero-order valence-electron chi connectivity index (χ0n) is 11.7. The van der Waals surface area contributed by atoms with E-state index >= 15 is 0 Å². The van der Waals surface area contributed by atoms with Crippen LogP contribution in [0.25, 0.3) is 21.8 Å². The van der Waals surface area contributed by atoms with Crippen molar-refractivity contribution in [3.63, 3.8) is 0 Å². The van der Waals surface area contributed by atoms with Crippen LogP contribution in [-0.4, -0.2) is 21.0 Å². The van der Waals surface area contributed by atoms with Crippen molar-refractivity contribution in [2.45, 2.75) is 0 Å². The van der Waals surface area contributed by atoms with Crippen molar-refractivity contribution in [3.05, 3.63) is 72.6 Å². The largest absolute Gasteiger partial charge is 0.507 e. The van der Waals surface area contributed by atoms with Crippen LogP contribution in [0.15, 0.2) is 72.1 Å². The molecular formula is C18H13N3O. The molecule has 0 spiro atoms. The molecule has 3 aromatic carbocycles. The van der Waals surface area contributed by atoms with Gasteiger partial charge < -0.3 is 5.11 Å². The number of fused-ring (bicyclic) bond motifs is 2. The van der Waals surface area contributed by atoms with Gasteiger partial charge in [0.1, 0.15) is 12.1 Å². The highest BCUT2D eigenvalue weighted by Crippen LogP contribution is 2.25. The fourth-order valence-electron chi connectivity index (χ4n) is 2.58. The summed E-state index contributed by atoms with van der Waals surface area (Å²) in [4.78, 5) is 4.30. The summed E-state index contributed by atoms with van der Waals surface area (Å²) < 4.78 is 1.70. The van der Waals surface area contributed by atoms with E-state index in [-0.39, 0.29) is 5.75 Å². The molecule has 0 saturated heterocycles. The number of para-hydroxylation sites is 2. The molecule has 4 aromatic rings. The topological polar surface area (TPSA) is 50.4 Å². The summed E-state index contributed by atoms with van der Waals surface area (Å²) in [6, 6.07) is 19.3. The van der Waals surface area contributed by atoms with Gasteiger partial charge in [0, 0.05) is 5.56 Å². The third-order valence-corrected chi connectivity index (χ3v) is 3.69. The molecule has 22 heavy (non-hydrogen) atoms. The normalized spacial score (nSPS) is 11.6. The van der Waals surface area contributed by atoms with Crippen molar-refractivity contribution in [1.29, 1.82) is 0 Å². The minimum absolute atomic E-state index is 0.215. The number of benzene rings is 3. The molecule has 0 bridgehead atoms. The van der Waals surface area contributed by atoms with Gasteiger partial charge in [0.05, 0.1) is 17.2 Å². The molecule has 1 aromatic heterocycles. The van der Waals surface area contributed by atoms with Crippen molar-refractivity contribution in [3.8, 4) is 5.75 Å².